The van der Waals surface area contributed by atoms with E-state index in [1.54, 1.807) is 0 Å². The fraction of sp³-hybridized carbons (Fsp3) is 1.00. The van der Waals surface area contributed by atoms with Crippen LogP contribution in [-0.4, -0.2) is 55.4 Å². The van der Waals surface area contributed by atoms with Crippen molar-refractivity contribution in [1.29, 1.82) is 0 Å². The number of likely N-dealkylation sites (N-methyl/N-ethyl adjacent to an activating group) is 1. The first-order valence-electron chi connectivity index (χ1n) is 8.85. The molecule has 0 amide bonds. The average Bonchev–Trinajstić information content (AvgIpc) is 2.47. The quantitative estimate of drug-likeness (QED) is 0.307. The van der Waals surface area contributed by atoms with E-state index in [4.69, 9.17) is 14.2 Å². The van der Waals surface area contributed by atoms with Crippen LogP contribution in [0.4, 0.5) is 0 Å². The van der Waals surface area contributed by atoms with Gasteiger partial charge in [-0.2, -0.15) is 0 Å². The van der Waals surface area contributed by atoms with Gasteiger partial charge in [0.05, 0.1) is 13.2 Å². The third kappa shape index (κ3) is 18.2. The molecule has 0 aliphatic carbocycles. The monoisotopic (exact) mass is 353 g/mol. The molecule has 0 heterocycles. The molecule has 0 radical (unpaired) electrons. The number of phosphoric ester groups is 1. The Balaban J connectivity index is 3.30. The highest BCUT2D eigenvalue weighted by Crippen LogP contribution is 2.43. The van der Waals surface area contributed by atoms with E-state index >= 15 is 0 Å². The first-order chi connectivity index (χ1) is 11.0. The van der Waals surface area contributed by atoms with Crippen molar-refractivity contribution in [2.75, 3.05) is 40.5 Å². The SMILES string of the molecule is CN(C)CCOP(=O)(O)OCCCCCCCCCCCCO. The second-order valence-electron chi connectivity index (χ2n) is 6.20. The van der Waals surface area contributed by atoms with E-state index in [2.05, 4.69) is 0 Å². The van der Waals surface area contributed by atoms with Crippen LogP contribution in [0.3, 0.4) is 0 Å². The maximum atomic E-state index is 11.6. The van der Waals surface area contributed by atoms with E-state index in [0.29, 0.717) is 13.2 Å². The number of phosphoric acid groups is 1. The summed E-state index contributed by atoms with van der Waals surface area (Å²) in [6, 6.07) is 0. The van der Waals surface area contributed by atoms with E-state index in [0.717, 1.165) is 32.1 Å². The van der Waals surface area contributed by atoms with Gasteiger partial charge in [0, 0.05) is 13.2 Å². The molecule has 1 unspecified atom stereocenters. The molecule has 0 fully saturated rings. The zero-order valence-corrected chi connectivity index (χ0v) is 15.8. The summed E-state index contributed by atoms with van der Waals surface area (Å²) in [6.45, 7) is 1.37. The first kappa shape index (κ1) is 23.0. The summed E-state index contributed by atoms with van der Waals surface area (Å²) in [4.78, 5) is 11.3. The van der Waals surface area contributed by atoms with Gasteiger partial charge >= 0.3 is 7.82 Å². The molecule has 0 aliphatic heterocycles. The zero-order valence-electron chi connectivity index (χ0n) is 14.9. The highest BCUT2D eigenvalue weighted by atomic mass is 31.2. The standard InChI is InChI=1S/C16H36NO5P/c1-17(2)13-16-22-23(19,20)21-15-12-10-8-6-4-3-5-7-9-11-14-18/h18H,3-16H2,1-2H3,(H,19,20). The Morgan fingerprint density at radius 3 is 1.70 bits per heavy atom. The van der Waals surface area contributed by atoms with Crippen LogP contribution in [0.1, 0.15) is 64.2 Å². The number of rotatable bonds is 17. The highest BCUT2D eigenvalue weighted by Gasteiger charge is 2.20. The van der Waals surface area contributed by atoms with E-state index in [-0.39, 0.29) is 13.2 Å². The van der Waals surface area contributed by atoms with Crippen LogP contribution in [0.25, 0.3) is 0 Å². The van der Waals surface area contributed by atoms with Gasteiger partial charge in [-0.1, -0.05) is 51.4 Å². The van der Waals surface area contributed by atoms with Gasteiger partial charge in [-0.05, 0) is 26.9 Å². The maximum absolute atomic E-state index is 11.6. The second-order valence-corrected chi connectivity index (χ2v) is 7.65. The third-order valence-corrected chi connectivity index (χ3v) is 4.62. The fourth-order valence-corrected chi connectivity index (χ4v) is 2.93. The summed E-state index contributed by atoms with van der Waals surface area (Å²) in [6.07, 6.45) is 11.2. The Kier molecular flexibility index (Phi) is 15.6. The number of aliphatic hydroxyl groups excluding tert-OH is 1. The van der Waals surface area contributed by atoms with Crippen molar-refractivity contribution in [3.63, 3.8) is 0 Å². The van der Waals surface area contributed by atoms with E-state index < -0.39 is 7.82 Å². The largest absolute Gasteiger partial charge is 0.472 e. The molecule has 0 spiro atoms. The number of aliphatic hydroxyl groups is 1. The molecule has 0 rings (SSSR count). The van der Waals surface area contributed by atoms with Gasteiger partial charge in [0.25, 0.3) is 0 Å². The normalized spacial score (nSPS) is 14.3. The van der Waals surface area contributed by atoms with E-state index in [1.165, 1.54) is 32.1 Å². The molecule has 23 heavy (non-hydrogen) atoms. The van der Waals surface area contributed by atoms with Crippen LogP contribution in [-0.2, 0) is 13.6 Å². The zero-order chi connectivity index (χ0) is 17.4. The van der Waals surface area contributed by atoms with E-state index in [9.17, 15) is 9.46 Å². The molecule has 1 atom stereocenters. The van der Waals surface area contributed by atoms with Gasteiger partial charge in [-0.25, -0.2) is 4.57 Å². The number of unbranched alkanes of at least 4 members (excludes halogenated alkanes) is 9. The minimum Gasteiger partial charge on any atom is -0.396 e. The lowest BCUT2D eigenvalue weighted by molar-refractivity contribution is 0.138. The molecule has 0 aromatic heterocycles. The van der Waals surface area contributed by atoms with Gasteiger partial charge in [-0.3, -0.25) is 9.05 Å². The summed E-state index contributed by atoms with van der Waals surface area (Å²) < 4.78 is 21.4. The number of nitrogens with zero attached hydrogens (tertiary/aromatic N) is 1. The van der Waals surface area contributed by atoms with Crippen molar-refractivity contribution in [3.05, 3.63) is 0 Å². The van der Waals surface area contributed by atoms with Crippen molar-refractivity contribution in [2.24, 2.45) is 0 Å². The number of hydrogen-bond acceptors (Lipinski definition) is 5. The summed E-state index contributed by atoms with van der Waals surface area (Å²) >= 11 is 0. The summed E-state index contributed by atoms with van der Waals surface area (Å²) in [5, 5.41) is 8.67. The fourth-order valence-electron chi connectivity index (χ4n) is 2.18. The molecular formula is C16H36NO5P. The lowest BCUT2D eigenvalue weighted by Gasteiger charge is -2.14. The van der Waals surface area contributed by atoms with Gasteiger partial charge in [-0.15, -0.1) is 0 Å². The lowest BCUT2D eigenvalue weighted by Crippen LogP contribution is -2.17. The van der Waals surface area contributed by atoms with Crippen molar-refractivity contribution in [2.45, 2.75) is 64.2 Å². The highest BCUT2D eigenvalue weighted by molar-refractivity contribution is 7.47. The molecular weight excluding hydrogens is 317 g/mol. The van der Waals surface area contributed by atoms with Crippen LogP contribution in [0.2, 0.25) is 0 Å². The van der Waals surface area contributed by atoms with Gasteiger partial charge < -0.3 is 14.9 Å². The summed E-state index contributed by atoms with van der Waals surface area (Å²) in [7, 11) is -0.120. The second kappa shape index (κ2) is 15.6. The third-order valence-electron chi connectivity index (χ3n) is 3.60. The smallest absolute Gasteiger partial charge is 0.396 e. The molecule has 0 bridgehead atoms. The Hall–Kier alpha value is 0.0300. The summed E-state index contributed by atoms with van der Waals surface area (Å²) in [5.41, 5.74) is 0. The average molecular weight is 353 g/mol. The Morgan fingerprint density at radius 1 is 0.783 bits per heavy atom. The van der Waals surface area contributed by atoms with E-state index in [1.807, 2.05) is 19.0 Å². The topological polar surface area (TPSA) is 79.2 Å². The van der Waals surface area contributed by atoms with Gasteiger partial charge in [0.2, 0.25) is 0 Å². The molecule has 7 heteroatoms. The molecule has 6 nitrogen and oxygen atoms in total. The molecule has 0 saturated heterocycles. The van der Waals surface area contributed by atoms with Gasteiger partial charge in [0.1, 0.15) is 0 Å². The maximum Gasteiger partial charge on any atom is 0.472 e. The molecule has 0 saturated carbocycles. The molecule has 0 aliphatic rings. The predicted octanol–water partition coefficient (Wildman–Crippen LogP) is 3.57. The summed E-state index contributed by atoms with van der Waals surface area (Å²) in [5.74, 6) is 0. The predicted molar refractivity (Wildman–Crippen MR) is 93.5 cm³/mol. The van der Waals surface area contributed by atoms with Crippen molar-refractivity contribution >= 4 is 7.82 Å². The lowest BCUT2D eigenvalue weighted by atomic mass is 10.1. The molecule has 140 valence electrons. The Bertz CT molecular complexity index is 302. The van der Waals surface area contributed by atoms with Gasteiger partial charge in [0.15, 0.2) is 0 Å². The van der Waals surface area contributed by atoms with Crippen molar-refractivity contribution in [1.82, 2.24) is 4.90 Å². The molecule has 0 aromatic rings. The Morgan fingerprint density at radius 2 is 1.22 bits per heavy atom. The minimum absolute atomic E-state index is 0.194. The first-order valence-corrected chi connectivity index (χ1v) is 10.3. The molecule has 0 aromatic carbocycles. The van der Waals surface area contributed by atoms with Crippen LogP contribution in [0.5, 0.6) is 0 Å². The Labute approximate surface area is 141 Å². The van der Waals surface area contributed by atoms with Crippen LogP contribution >= 0.6 is 7.82 Å². The molecule has 2 N–H and O–H groups in total. The van der Waals surface area contributed by atoms with Crippen LogP contribution < -0.4 is 0 Å². The van der Waals surface area contributed by atoms with Crippen molar-refractivity contribution in [3.8, 4) is 0 Å². The number of hydrogen-bond donors (Lipinski definition) is 2. The van der Waals surface area contributed by atoms with Crippen LogP contribution in [0, 0.1) is 0 Å². The van der Waals surface area contributed by atoms with Crippen LogP contribution in [0.15, 0.2) is 0 Å². The minimum atomic E-state index is -3.87. The van der Waals surface area contributed by atoms with Crippen molar-refractivity contribution < 1.29 is 23.6 Å².